The molecule has 0 aliphatic rings. The molecule has 0 radical (unpaired) electrons. The van der Waals surface area contributed by atoms with E-state index in [0.29, 0.717) is 16.3 Å². The molecule has 2 rings (SSSR count). The summed E-state index contributed by atoms with van der Waals surface area (Å²) in [6, 6.07) is 8.57. The van der Waals surface area contributed by atoms with Crippen molar-refractivity contribution in [1.29, 1.82) is 0 Å². The number of aliphatic carboxylic acids is 1. The lowest BCUT2D eigenvalue weighted by atomic mass is 10.2. The molecule has 2 N–H and O–H groups in total. The molecule has 1 aromatic heterocycles. The Kier molecular flexibility index (Phi) is 4.59. The largest absolute Gasteiger partial charge is 0.480 e. The molecule has 6 heteroatoms. The number of carboxylic acids is 1. The van der Waals surface area contributed by atoms with Crippen LogP contribution >= 0.6 is 11.3 Å². The maximum atomic E-state index is 12.2. The minimum absolute atomic E-state index is 0.234. The molecule has 5 nitrogen and oxygen atoms in total. The molecule has 21 heavy (non-hydrogen) atoms. The van der Waals surface area contributed by atoms with Gasteiger partial charge < -0.3 is 15.2 Å². The number of para-hydroxylation sites is 2. The highest BCUT2D eigenvalue weighted by atomic mass is 32.1. The summed E-state index contributed by atoms with van der Waals surface area (Å²) in [5.41, 5.74) is 1.52. The van der Waals surface area contributed by atoms with E-state index >= 15 is 0 Å². The Balaban J connectivity index is 2.15. The van der Waals surface area contributed by atoms with Crippen molar-refractivity contribution < 1.29 is 19.4 Å². The van der Waals surface area contributed by atoms with E-state index in [4.69, 9.17) is 9.84 Å². The van der Waals surface area contributed by atoms with Crippen molar-refractivity contribution in [2.24, 2.45) is 0 Å². The van der Waals surface area contributed by atoms with Crippen LogP contribution < -0.4 is 10.1 Å². The minimum Gasteiger partial charge on any atom is -0.480 e. The number of hydrogen-bond acceptors (Lipinski definition) is 4. The van der Waals surface area contributed by atoms with Gasteiger partial charge in [0.1, 0.15) is 5.75 Å². The second-order valence-electron chi connectivity index (χ2n) is 4.48. The van der Waals surface area contributed by atoms with Gasteiger partial charge in [-0.05, 0) is 37.6 Å². The molecule has 0 fully saturated rings. The van der Waals surface area contributed by atoms with E-state index in [-0.39, 0.29) is 5.91 Å². The van der Waals surface area contributed by atoms with Crippen LogP contribution in [0, 0.1) is 13.8 Å². The molecular formula is C15H15NO4S. The van der Waals surface area contributed by atoms with Crippen molar-refractivity contribution in [2.75, 3.05) is 11.9 Å². The number of amides is 1. The lowest BCUT2D eigenvalue weighted by Gasteiger charge is -2.10. The number of carbonyl (C=O) groups is 2. The number of anilines is 1. The van der Waals surface area contributed by atoms with E-state index in [0.717, 1.165) is 10.4 Å². The molecule has 1 heterocycles. The van der Waals surface area contributed by atoms with Crippen molar-refractivity contribution in [2.45, 2.75) is 13.8 Å². The SMILES string of the molecule is Cc1cc(C(=O)Nc2ccccc2OCC(=O)O)sc1C. The smallest absolute Gasteiger partial charge is 0.341 e. The van der Waals surface area contributed by atoms with Crippen LogP contribution in [0.5, 0.6) is 5.75 Å². The fourth-order valence-corrected chi connectivity index (χ4v) is 2.63. The number of carboxylic acid groups (broad SMARTS) is 1. The maximum absolute atomic E-state index is 12.2. The van der Waals surface area contributed by atoms with E-state index in [1.165, 1.54) is 11.3 Å². The highest BCUT2D eigenvalue weighted by Gasteiger charge is 2.13. The molecule has 1 aromatic carbocycles. The first-order valence-electron chi connectivity index (χ1n) is 6.29. The molecular weight excluding hydrogens is 290 g/mol. The molecule has 2 aromatic rings. The summed E-state index contributed by atoms with van der Waals surface area (Å²) in [6.45, 7) is 3.46. The summed E-state index contributed by atoms with van der Waals surface area (Å²) < 4.78 is 5.15. The van der Waals surface area contributed by atoms with Gasteiger partial charge in [-0.25, -0.2) is 4.79 Å². The van der Waals surface area contributed by atoms with Crippen LogP contribution in [0.3, 0.4) is 0 Å². The first-order valence-corrected chi connectivity index (χ1v) is 7.11. The summed E-state index contributed by atoms with van der Waals surface area (Å²) in [5.74, 6) is -0.971. The molecule has 0 atom stereocenters. The van der Waals surface area contributed by atoms with E-state index in [9.17, 15) is 9.59 Å². The molecule has 0 spiro atoms. The summed E-state index contributed by atoms with van der Waals surface area (Å²) in [4.78, 5) is 24.5. The third-order valence-electron chi connectivity index (χ3n) is 2.88. The van der Waals surface area contributed by atoms with Gasteiger partial charge in [-0.1, -0.05) is 12.1 Å². The highest BCUT2D eigenvalue weighted by molar-refractivity contribution is 7.14. The third kappa shape index (κ3) is 3.82. The molecule has 0 aliphatic heterocycles. The Hall–Kier alpha value is -2.34. The van der Waals surface area contributed by atoms with Gasteiger partial charge in [-0.3, -0.25) is 4.79 Å². The number of thiophene rings is 1. The van der Waals surface area contributed by atoms with Crippen LogP contribution in [0.2, 0.25) is 0 Å². The number of carbonyl (C=O) groups excluding carboxylic acids is 1. The van der Waals surface area contributed by atoms with Gasteiger partial charge in [-0.15, -0.1) is 11.3 Å². The van der Waals surface area contributed by atoms with Gasteiger partial charge in [-0.2, -0.15) is 0 Å². The lowest BCUT2D eigenvalue weighted by molar-refractivity contribution is -0.139. The van der Waals surface area contributed by atoms with Gasteiger partial charge >= 0.3 is 5.97 Å². The predicted octanol–water partition coefficient (Wildman–Crippen LogP) is 3.08. The van der Waals surface area contributed by atoms with E-state index in [1.54, 1.807) is 24.3 Å². The number of rotatable bonds is 5. The minimum atomic E-state index is -1.07. The monoisotopic (exact) mass is 305 g/mol. The van der Waals surface area contributed by atoms with E-state index < -0.39 is 12.6 Å². The first-order chi connectivity index (χ1) is 9.97. The van der Waals surface area contributed by atoms with Crippen molar-refractivity contribution in [3.63, 3.8) is 0 Å². The maximum Gasteiger partial charge on any atom is 0.341 e. The van der Waals surface area contributed by atoms with Crippen LogP contribution in [0.1, 0.15) is 20.1 Å². The van der Waals surface area contributed by atoms with Crippen LogP contribution in [0.25, 0.3) is 0 Å². The number of nitrogens with one attached hydrogen (secondary N) is 1. The number of benzene rings is 1. The molecule has 0 unspecified atom stereocenters. The second kappa shape index (κ2) is 6.41. The van der Waals surface area contributed by atoms with E-state index in [1.807, 2.05) is 19.9 Å². The first kappa shape index (κ1) is 15.1. The van der Waals surface area contributed by atoms with Gasteiger partial charge in [0.15, 0.2) is 6.61 Å². The zero-order chi connectivity index (χ0) is 15.4. The number of ether oxygens (including phenoxy) is 1. The zero-order valence-corrected chi connectivity index (χ0v) is 12.5. The van der Waals surface area contributed by atoms with Gasteiger partial charge in [0.2, 0.25) is 0 Å². The summed E-state index contributed by atoms with van der Waals surface area (Å²) in [5, 5.41) is 11.4. The van der Waals surface area contributed by atoms with Crippen LogP contribution in [-0.4, -0.2) is 23.6 Å². The second-order valence-corrected chi connectivity index (χ2v) is 5.74. The average Bonchev–Trinajstić information content (AvgIpc) is 2.78. The lowest BCUT2D eigenvalue weighted by Crippen LogP contribution is -2.14. The van der Waals surface area contributed by atoms with E-state index in [2.05, 4.69) is 5.32 Å². The Bertz CT molecular complexity index is 659. The van der Waals surface area contributed by atoms with Crippen LogP contribution in [0.15, 0.2) is 30.3 Å². The molecule has 110 valence electrons. The van der Waals surface area contributed by atoms with Gasteiger partial charge in [0, 0.05) is 4.88 Å². The number of aryl methyl sites for hydroxylation is 2. The fraction of sp³-hybridized carbons (Fsp3) is 0.200. The highest BCUT2D eigenvalue weighted by Crippen LogP contribution is 2.26. The van der Waals surface area contributed by atoms with Gasteiger partial charge in [0.25, 0.3) is 5.91 Å². The van der Waals surface area contributed by atoms with Crippen molar-refractivity contribution >= 4 is 28.9 Å². The average molecular weight is 305 g/mol. The fourth-order valence-electron chi connectivity index (χ4n) is 1.70. The van der Waals surface area contributed by atoms with Crippen molar-refractivity contribution in [3.05, 3.63) is 45.6 Å². The predicted molar refractivity (Wildman–Crippen MR) is 81.3 cm³/mol. The molecule has 0 bridgehead atoms. The molecule has 0 saturated heterocycles. The van der Waals surface area contributed by atoms with Crippen LogP contribution in [0.4, 0.5) is 5.69 Å². The van der Waals surface area contributed by atoms with Crippen molar-refractivity contribution in [3.8, 4) is 5.75 Å². The summed E-state index contributed by atoms with van der Waals surface area (Å²) in [6.07, 6.45) is 0. The summed E-state index contributed by atoms with van der Waals surface area (Å²) in [7, 11) is 0. The van der Waals surface area contributed by atoms with Crippen LogP contribution in [-0.2, 0) is 4.79 Å². The Morgan fingerprint density at radius 1 is 1.29 bits per heavy atom. The zero-order valence-electron chi connectivity index (χ0n) is 11.7. The Morgan fingerprint density at radius 2 is 2.00 bits per heavy atom. The van der Waals surface area contributed by atoms with Crippen molar-refractivity contribution in [1.82, 2.24) is 0 Å². The molecule has 0 saturated carbocycles. The van der Waals surface area contributed by atoms with Gasteiger partial charge in [0.05, 0.1) is 10.6 Å². The summed E-state index contributed by atoms with van der Waals surface area (Å²) >= 11 is 1.42. The third-order valence-corrected chi connectivity index (χ3v) is 4.03. The number of hydrogen-bond donors (Lipinski definition) is 2. The molecule has 1 amide bonds. The normalized spacial score (nSPS) is 10.2. The quantitative estimate of drug-likeness (QED) is 0.890. The molecule has 0 aliphatic carbocycles. The standard InChI is InChI=1S/C15H15NO4S/c1-9-7-13(21-10(9)2)15(19)16-11-5-3-4-6-12(11)20-8-14(17)18/h3-7H,8H2,1-2H3,(H,16,19)(H,17,18). The topological polar surface area (TPSA) is 75.6 Å². The Morgan fingerprint density at radius 3 is 2.62 bits per heavy atom. The Labute approximate surface area is 126 Å².